The molecule has 0 spiro atoms. The molecule has 1 aromatic rings. The van der Waals surface area contributed by atoms with Gasteiger partial charge in [-0.05, 0) is 46.3 Å². The van der Waals surface area contributed by atoms with E-state index in [1.54, 1.807) is 0 Å². The summed E-state index contributed by atoms with van der Waals surface area (Å²) in [5.41, 5.74) is 0. The van der Waals surface area contributed by atoms with Crippen molar-refractivity contribution in [1.82, 2.24) is 5.32 Å². The molecule has 0 aliphatic carbocycles. The first-order valence-corrected chi connectivity index (χ1v) is 7.02. The van der Waals surface area contributed by atoms with Gasteiger partial charge in [0.15, 0.2) is 0 Å². The van der Waals surface area contributed by atoms with Crippen molar-refractivity contribution in [3.05, 3.63) is 20.8 Å². The van der Waals surface area contributed by atoms with Crippen LogP contribution in [-0.4, -0.2) is 12.3 Å². The lowest BCUT2D eigenvalue weighted by Gasteiger charge is -2.26. The molecule has 4 heteroatoms. The van der Waals surface area contributed by atoms with Gasteiger partial charge >= 0.3 is 0 Å². The summed E-state index contributed by atoms with van der Waals surface area (Å²) >= 11 is 7.34. The van der Waals surface area contributed by atoms with Crippen LogP contribution in [-0.2, 0) is 0 Å². The van der Waals surface area contributed by atoms with Crippen molar-refractivity contribution in [2.75, 3.05) is 12.3 Å². The lowest BCUT2D eigenvalue weighted by Crippen LogP contribution is -2.30. The Morgan fingerprint density at radius 3 is 2.92 bits per heavy atom. The van der Waals surface area contributed by atoms with Crippen LogP contribution < -0.4 is 5.32 Å². The molecule has 13 heavy (non-hydrogen) atoms. The average molecular weight is 278 g/mol. The maximum absolute atomic E-state index is 3.55. The Bertz CT molecular complexity index is 279. The quantitative estimate of drug-likeness (QED) is 0.844. The Hall–Kier alpha value is 0.490. The predicted octanol–water partition coefficient (Wildman–Crippen LogP) is 3.48. The Balaban J connectivity index is 2.02. The van der Waals surface area contributed by atoms with Crippen LogP contribution in [0.5, 0.6) is 0 Å². The third-order valence-corrected chi connectivity index (χ3v) is 5.40. The molecule has 0 bridgehead atoms. The lowest BCUT2D eigenvalue weighted by molar-refractivity contribution is 0.532. The smallest absolute Gasteiger partial charge is 0.0883 e. The SMILES string of the molecule is CC1CNC(c2ccc(Br)s2)SC1. The fourth-order valence-electron chi connectivity index (χ4n) is 1.34. The number of hydrogen-bond donors (Lipinski definition) is 1. The Morgan fingerprint density at radius 1 is 1.54 bits per heavy atom. The summed E-state index contributed by atoms with van der Waals surface area (Å²) in [6.45, 7) is 3.44. The minimum Gasteiger partial charge on any atom is -0.301 e. The van der Waals surface area contributed by atoms with Crippen molar-refractivity contribution in [3.8, 4) is 0 Å². The average Bonchev–Trinajstić information content (AvgIpc) is 2.53. The van der Waals surface area contributed by atoms with Gasteiger partial charge in [0.1, 0.15) is 0 Å². The van der Waals surface area contributed by atoms with E-state index in [1.165, 1.54) is 14.4 Å². The maximum atomic E-state index is 3.55. The number of halogens is 1. The van der Waals surface area contributed by atoms with E-state index in [2.05, 4.69) is 40.3 Å². The summed E-state index contributed by atoms with van der Waals surface area (Å²) in [6, 6.07) is 4.33. The summed E-state index contributed by atoms with van der Waals surface area (Å²) in [5.74, 6) is 2.08. The van der Waals surface area contributed by atoms with Crippen molar-refractivity contribution in [1.29, 1.82) is 0 Å². The largest absolute Gasteiger partial charge is 0.301 e. The van der Waals surface area contributed by atoms with Crippen LogP contribution in [0.1, 0.15) is 17.2 Å². The minimum absolute atomic E-state index is 0.521. The fourth-order valence-corrected chi connectivity index (χ4v) is 4.16. The highest BCUT2D eigenvalue weighted by Gasteiger charge is 2.20. The van der Waals surface area contributed by atoms with Crippen molar-refractivity contribution in [3.63, 3.8) is 0 Å². The van der Waals surface area contributed by atoms with Crippen molar-refractivity contribution < 1.29 is 0 Å². The molecule has 1 aromatic heterocycles. The Morgan fingerprint density at radius 2 is 2.38 bits per heavy atom. The van der Waals surface area contributed by atoms with Crippen molar-refractivity contribution in [2.24, 2.45) is 5.92 Å². The molecule has 0 amide bonds. The summed E-state index contributed by atoms with van der Waals surface area (Å²) in [6.07, 6.45) is 0. The van der Waals surface area contributed by atoms with Gasteiger partial charge < -0.3 is 5.32 Å². The van der Waals surface area contributed by atoms with Gasteiger partial charge in [0.25, 0.3) is 0 Å². The molecular formula is C9H12BrNS2. The number of rotatable bonds is 1. The molecule has 2 atom stereocenters. The molecular weight excluding hydrogens is 266 g/mol. The van der Waals surface area contributed by atoms with Gasteiger partial charge in [-0.2, -0.15) is 0 Å². The second-order valence-corrected chi connectivity index (χ2v) is 7.00. The van der Waals surface area contributed by atoms with Gasteiger partial charge in [-0.25, -0.2) is 0 Å². The topological polar surface area (TPSA) is 12.0 Å². The molecule has 1 aliphatic heterocycles. The van der Waals surface area contributed by atoms with Gasteiger partial charge in [0.2, 0.25) is 0 Å². The summed E-state index contributed by atoms with van der Waals surface area (Å²) in [4.78, 5) is 1.43. The highest BCUT2D eigenvalue weighted by Crippen LogP contribution is 2.36. The monoisotopic (exact) mass is 277 g/mol. The molecule has 2 rings (SSSR count). The van der Waals surface area contributed by atoms with Crippen LogP contribution in [0.3, 0.4) is 0 Å². The van der Waals surface area contributed by atoms with E-state index in [0.717, 1.165) is 12.5 Å². The third kappa shape index (κ3) is 2.49. The van der Waals surface area contributed by atoms with E-state index in [0.29, 0.717) is 5.37 Å². The molecule has 2 heterocycles. The summed E-state index contributed by atoms with van der Waals surface area (Å²) in [5, 5.41) is 4.07. The highest BCUT2D eigenvalue weighted by molar-refractivity contribution is 9.11. The second kappa shape index (κ2) is 4.34. The van der Waals surface area contributed by atoms with Gasteiger partial charge in [0.05, 0.1) is 9.16 Å². The van der Waals surface area contributed by atoms with Gasteiger partial charge in [0, 0.05) is 4.88 Å². The molecule has 2 unspecified atom stereocenters. The number of hydrogen-bond acceptors (Lipinski definition) is 3. The van der Waals surface area contributed by atoms with Crippen molar-refractivity contribution >= 4 is 39.0 Å². The zero-order chi connectivity index (χ0) is 9.26. The van der Waals surface area contributed by atoms with E-state index >= 15 is 0 Å². The van der Waals surface area contributed by atoms with Crippen LogP contribution in [0.2, 0.25) is 0 Å². The van der Waals surface area contributed by atoms with E-state index in [-0.39, 0.29) is 0 Å². The van der Waals surface area contributed by atoms with E-state index in [9.17, 15) is 0 Å². The summed E-state index contributed by atoms with van der Waals surface area (Å²) < 4.78 is 1.23. The maximum Gasteiger partial charge on any atom is 0.0883 e. The molecule has 1 nitrogen and oxygen atoms in total. The van der Waals surface area contributed by atoms with Gasteiger partial charge in [-0.3, -0.25) is 0 Å². The standard InChI is InChI=1S/C9H12BrNS2/c1-6-4-11-9(12-5-6)7-2-3-8(10)13-7/h2-3,6,9,11H,4-5H2,1H3. The molecule has 0 aromatic carbocycles. The zero-order valence-electron chi connectivity index (χ0n) is 7.42. The van der Waals surface area contributed by atoms with Crippen molar-refractivity contribution in [2.45, 2.75) is 12.3 Å². The Kier molecular flexibility index (Phi) is 3.35. The normalized spacial score (nSPS) is 29.1. The van der Waals surface area contributed by atoms with Crippen LogP contribution in [0.4, 0.5) is 0 Å². The van der Waals surface area contributed by atoms with E-state index in [4.69, 9.17) is 0 Å². The van der Waals surface area contributed by atoms with E-state index in [1.807, 2.05) is 23.1 Å². The number of thioether (sulfide) groups is 1. The highest BCUT2D eigenvalue weighted by atomic mass is 79.9. The Labute approximate surface area is 95.4 Å². The first kappa shape index (κ1) is 10.0. The van der Waals surface area contributed by atoms with E-state index < -0.39 is 0 Å². The molecule has 1 aliphatic rings. The number of nitrogens with one attached hydrogen (secondary N) is 1. The molecule has 0 saturated carbocycles. The first-order valence-electron chi connectivity index (χ1n) is 4.36. The van der Waals surface area contributed by atoms with Crippen LogP contribution in [0.25, 0.3) is 0 Å². The molecule has 72 valence electrons. The van der Waals surface area contributed by atoms with Crippen LogP contribution in [0.15, 0.2) is 15.9 Å². The third-order valence-electron chi connectivity index (χ3n) is 2.05. The predicted molar refractivity (Wildman–Crippen MR) is 64.4 cm³/mol. The zero-order valence-corrected chi connectivity index (χ0v) is 10.6. The fraction of sp³-hybridized carbons (Fsp3) is 0.556. The van der Waals surface area contributed by atoms with Crippen LogP contribution >= 0.6 is 39.0 Å². The molecule has 1 N–H and O–H groups in total. The van der Waals surface area contributed by atoms with Gasteiger partial charge in [-0.15, -0.1) is 23.1 Å². The molecule has 1 fully saturated rings. The first-order chi connectivity index (χ1) is 6.25. The minimum atomic E-state index is 0.521. The summed E-state index contributed by atoms with van der Waals surface area (Å²) in [7, 11) is 0. The number of thiophene rings is 1. The molecule has 0 radical (unpaired) electrons. The molecule has 1 saturated heterocycles. The van der Waals surface area contributed by atoms with Crippen LogP contribution in [0, 0.1) is 5.92 Å². The second-order valence-electron chi connectivity index (χ2n) is 3.37. The van der Waals surface area contributed by atoms with Gasteiger partial charge in [-0.1, -0.05) is 6.92 Å². The lowest BCUT2D eigenvalue weighted by atomic mass is 10.2.